The molecule has 3 aromatic rings. The molecule has 164 valence electrons. The number of nitrogens with zero attached hydrogens (tertiary/aromatic N) is 3. The SMILES string of the molecule is CCCCCN(C(=O)Nc1ccc(Br)cc1)C(C)c1nc2cc(Cl)ccc2c(=O)n1C. The number of amides is 2. The van der Waals surface area contributed by atoms with E-state index in [4.69, 9.17) is 16.6 Å². The van der Waals surface area contributed by atoms with Gasteiger partial charge >= 0.3 is 6.03 Å². The molecule has 3 rings (SSSR count). The quantitative estimate of drug-likeness (QED) is 0.393. The molecule has 0 aliphatic heterocycles. The van der Waals surface area contributed by atoms with Crippen LogP contribution in [0.25, 0.3) is 10.9 Å². The van der Waals surface area contributed by atoms with Gasteiger partial charge in [0.1, 0.15) is 5.82 Å². The van der Waals surface area contributed by atoms with Crippen molar-refractivity contribution in [1.29, 1.82) is 0 Å². The van der Waals surface area contributed by atoms with E-state index >= 15 is 0 Å². The van der Waals surface area contributed by atoms with Gasteiger partial charge in [0.2, 0.25) is 0 Å². The predicted octanol–water partition coefficient (Wildman–Crippen LogP) is 6.13. The van der Waals surface area contributed by atoms with Crippen molar-refractivity contribution in [3.8, 4) is 0 Å². The van der Waals surface area contributed by atoms with Gasteiger partial charge in [-0.1, -0.05) is 47.3 Å². The number of hydrogen-bond acceptors (Lipinski definition) is 3. The maximum Gasteiger partial charge on any atom is 0.322 e. The number of anilines is 1. The highest BCUT2D eigenvalue weighted by Gasteiger charge is 2.25. The molecule has 1 N–H and O–H groups in total. The van der Waals surface area contributed by atoms with Gasteiger partial charge in [0.15, 0.2) is 0 Å². The van der Waals surface area contributed by atoms with Crippen LogP contribution in [0, 0.1) is 0 Å². The highest BCUT2D eigenvalue weighted by atomic mass is 79.9. The van der Waals surface area contributed by atoms with E-state index in [-0.39, 0.29) is 11.6 Å². The summed E-state index contributed by atoms with van der Waals surface area (Å²) in [6.07, 6.45) is 2.91. The number of carbonyl (C=O) groups excluding carboxylic acids is 1. The van der Waals surface area contributed by atoms with E-state index < -0.39 is 6.04 Å². The summed E-state index contributed by atoms with van der Waals surface area (Å²) >= 11 is 9.52. The van der Waals surface area contributed by atoms with E-state index in [1.807, 2.05) is 31.2 Å². The molecule has 0 saturated heterocycles. The van der Waals surface area contributed by atoms with Crippen LogP contribution in [-0.4, -0.2) is 27.0 Å². The van der Waals surface area contributed by atoms with E-state index in [2.05, 4.69) is 28.2 Å². The third-order valence-electron chi connectivity index (χ3n) is 5.27. The molecule has 31 heavy (non-hydrogen) atoms. The summed E-state index contributed by atoms with van der Waals surface area (Å²) in [4.78, 5) is 32.5. The maximum absolute atomic E-state index is 13.2. The Morgan fingerprint density at radius 3 is 2.61 bits per heavy atom. The third-order valence-corrected chi connectivity index (χ3v) is 6.04. The van der Waals surface area contributed by atoms with Gasteiger partial charge in [-0.3, -0.25) is 9.36 Å². The zero-order valence-electron chi connectivity index (χ0n) is 17.9. The zero-order chi connectivity index (χ0) is 22.5. The molecule has 0 fully saturated rings. The monoisotopic (exact) mass is 504 g/mol. The number of fused-ring (bicyclic) bond motifs is 1. The van der Waals surface area contributed by atoms with Crippen molar-refractivity contribution in [3.63, 3.8) is 0 Å². The zero-order valence-corrected chi connectivity index (χ0v) is 20.2. The second-order valence-electron chi connectivity index (χ2n) is 7.51. The molecule has 2 amide bonds. The molecule has 2 aromatic carbocycles. The lowest BCUT2D eigenvalue weighted by molar-refractivity contribution is 0.187. The van der Waals surface area contributed by atoms with Gasteiger partial charge in [-0.05, 0) is 55.8 Å². The number of hydrogen-bond donors (Lipinski definition) is 1. The van der Waals surface area contributed by atoms with E-state index in [9.17, 15) is 9.59 Å². The third kappa shape index (κ3) is 5.46. The van der Waals surface area contributed by atoms with Crippen LogP contribution in [0.1, 0.15) is 45.0 Å². The van der Waals surface area contributed by atoms with Crippen LogP contribution in [0.5, 0.6) is 0 Å². The Morgan fingerprint density at radius 2 is 1.94 bits per heavy atom. The largest absolute Gasteiger partial charge is 0.322 e. The smallest absolute Gasteiger partial charge is 0.315 e. The molecule has 0 spiro atoms. The number of halogens is 2. The summed E-state index contributed by atoms with van der Waals surface area (Å²) in [5, 5.41) is 3.97. The number of carbonyl (C=O) groups is 1. The summed E-state index contributed by atoms with van der Waals surface area (Å²) < 4.78 is 2.45. The van der Waals surface area contributed by atoms with Crippen LogP contribution < -0.4 is 10.9 Å². The van der Waals surface area contributed by atoms with Crippen molar-refractivity contribution < 1.29 is 4.79 Å². The first-order chi connectivity index (χ1) is 14.8. The van der Waals surface area contributed by atoms with Crippen LogP contribution in [0.15, 0.2) is 51.7 Å². The van der Waals surface area contributed by atoms with E-state index in [0.29, 0.717) is 34.0 Å². The average Bonchev–Trinajstić information content (AvgIpc) is 2.74. The Morgan fingerprint density at radius 1 is 1.23 bits per heavy atom. The molecular weight excluding hydrogens is 480 g/mol. The van der Waals surface area contributed by atoms with Gasteiger partial charge in [0.25, 0.3) is 5.56 Å². The molecule has 0 aliphatic carbocycles. The summed E-state index contributed by atoms with van der Waals surface area (Å²) in [6, 6.07) is 11.8. The molecule has 1 atom stereocenters. The van der Waals surface area contributed by atoms with Gasteiger partial charge in [-0.25, -0.2) is 9.78 Å². The first kappa shape index (κ1) is 23.3. The van der Waals surface area contributed by atoms with E-state index in [0.717, 1.165) is 23.7 Å². The predicted molar refractivity (Wildman–Crippen MR) is 130 cm³/mol. The second kappa shape index (κ2) is 10.3. The number of unbranched alkanes of at least 4 members (excludes halogenated alkanes) is 2. The topological polar surface area (TPSA) is 67.2 Å². The summed E-state index contributed by atoms with van der Waals surface area (Å²) in [5.74, 6) is 0.516. The van der Waals surface area contributed by atoms with E-state index in [1.54, 1.807) is 30.1 Å². The highest BCUT2D eigenvalue weighted by Crippen LogP contribution is 2.23. The number of aromatic nitrogens is 2. The fourth-order valence-electron chi connectivity index (χ4n) is 3.51. The Bertz CT molecular complexity index is 1130. The summed E-state index contributed by atoms with van der Waals surface area (Å²) in [7, 11) is 1.69. The van der Waals surface area contributed by atoms with Gasteiger partial charge in [-0.2, -0.15) is 0 Å². The molecule has 1 unspecified atom stereocenters. The lowest BCUT2D eigenvalue weighted by Gasteiger charge is -2.30. The van der Waals surface area contributed by atoms with Gasteiger partial charge in [-0.15, -0.1) is 0 Å². The minimum atomic E-state index is -0.409. The fourth-order valence-corrected chi connectivity index (χ4v) is 3.94. The van der Waals surface area contributed by atoms with Gasteiger partial charge < -0.3 is 10.2 Å². The molecular formula is C23H26BrClN4O2. The van der Waals surface area contributed by atoms with Crippen molar-refractivity contribution in [2.75, 3.05) is 11.9 Å². The fraction of sp³-hybridized carbons (Fsp3) is 0.348. The number of nitrogens with one attached hydrogen (secondary N) is 1. The Balaban J connectivity index is 1.96. The Labute approximate surface area is 195 Å². The van der Waals surface area contributed by atoms with Crippen LogP contribution >= 0.6 is 27.5 Å². The van der Waals surface area contributed by atoms with Crippen molar-refractivity contribution in [1.82, 2.24) is 14.5 Å². The normalized spacial score (nSPS) is 12.0. The average molecular weight is 506 g/mol. The number of rotatable bonds is 7. The molecule has 0 bridgehead atoms. The Hall–Kier alpha value is -2.38. The highest BCUT2D eigenvalue weighted by molar-refractivity contribution is 9.10. The van der Waals surface area contributed by atoms with Crippen LogP contribution in [0.3, 0.4) is 0 Å². The van der Waals surface area contributed by atoms with E-state index in [1.165, 1.54) is 4.57 Å². The van der Waals surface area contributed by atoms with Crippen LogP contribution in [0.4, 0.5) is 10.5 Å². The first-order valence-corrected chi connectivity index (χ1v) is 11.5. The first-order valence-electron chi connectivity index (χ1n) is 10.3. The Kier molecular flexibility index (Phi) is 7.73. The molecule has 0 radical (unpaired) electrons. The molecule has 0 saturated carbocycles. The van der Waals surface area contributed by atoms with Crippen molar-refractivity contribution in [2.45, 2.75) is 39.2 Å². The van der Waals surface area contributed by atoms with Crippen molar-refractivity contribution in [3.05, 3.63) is 68.1 Å². The minimum absolute atomic E-state index is 0.162. The standard InChI is InChI=1S/C23H26BrClN4O2/c1-4-5-6-13-29(23(31)26-18-10-7-16(24)8-11-18)15(2)21-27-20-14-17(25)9-12-19(20)22(30)28(21)3/h7-12,14-15H,4-6,13H2,1-3H3,(H,26,31). The summed E-state index contributed by atoms with van der Waals surface area (Å²) in [6.45, 7) is 4.57. The van der Waals surface area contributed by atoms with Gasteiger partial charge in [0.05, 0.1) is 16.9 Å². The van der Waals surface area contributed by atoms with Gasteiger partial charge in [0, 0.05) is 28.8 Å². The van der Waals surface area contributed by atoms with Crippen molar-refractivity contribution in [2.24, 2.45) is 7.05 Å². The summed E-state index contributed by atoms with van der Waals surface area (Å²) in [5.41, 5.74) is 1.07. The number of benzene rings is 2. The van der Waals surface area contributed by atoms with Crippen LogP contribution in [0.2, 0.25) is 5.02 Å². The van der Waals surface area contributed by atoms with Crippen molar-refractivity contribution >= 4 is 50.2 Å². The van der Waals surface area contributed by atoms with Crippen LogP contribution in [-0.2, 0) is 7.05 Å². The maximum atomic E-state index is 13.2. The lowest BCUT2D eigenvalue weighted by Crippen LogP contribution is -2.40. The number of urea groups is 1. The second-order valence-corrected chi connectivity index (χ2v) is 8.86. The molecule has 6 nitrogen and oxygen atoms in total. The molecule has 1 aromatic heterocycles. The molecule has 8 heteroatoms. The molecule has 0 aliphatic rings. The lowest BCUT2D eigenvalue weighted by atomic mass is 10.2. The molecule has 1 heterocycles. The minimum Gasteiger partial charge on any atom is -0.315 e.